The largest absolute Gasteiger partial charge is 0.494 e. The number of rotatable bonds is 7. The Labute approximate surface area is 102 Å². The zero-order valence-electron chi connectivity index (χ0n) is 9.93. The van der Waals surface area contributed by atoms with Crippen molar-refractivity contribution in [2.45, 2.75) is 26.2 Å². The molecule has 1 aromatic carbocycles. The molecule has 0 aromatic heterocycles. The Morgan fingerprint density at radius 2 is 2.00 bits per heavy atom. The van der Waals surface area contributed by atoms with Crippen molar-refractivity contribution < 1.29 is 17.7 Å². The third kappa shape index (κ3) is 6.97. The molecule has 0 unspecified atom stereocenters. The van der Waals surface area contributed by atoms with E-state index >= 15 is 0 Å². The van der Waals surface area contributed by atoms with E-state index in [1.807, 2.05) is 31.2 Å². The molecule has 17 heavy (non-hydrogen) atoms. The summed E-state index contributed by atoms with van der Waals surface area (Å²) in [7, 11) is -3.81. The average Bonchev–Trinajstić information content (AvgIpc) is 2.22. The minimum absolute atomic E-state index is 0.169. The predicted molar refractivity (Wildman–Crippen MR) is 66.9 cm³/mol. The van der Waals surface area contributed by atoms with Crippen LogP contribution in [0.15, 0.2) is 24.3 Å². The van der Waals surface area contributed by atoms with Gasteiger partial charge in [-0.3, -0.25) is 4.55 Å². The Morgan fingerprint density at radius 1 is 1.24 bits per heavy atom. The molecule has 0 amide bonds. The van der Waals surface area contributed by atoms with Crippen LogP contribution in [0, 0.1) is 6.92 Å². The van der Waals surface area contributed by atoms with E-state index in [4.69, 9.17) is 9.29 Å². The van der Waals surface area contributed by atoms with Gasteiger partial charge in [-0.15, -0.1) is 0 Å². The van der Waals surface area contributed by atoms with Gasteiger partial charge in [0.15, 0.2) is 0 Å². The molecule has 0 radical (unpaired) electrons. The van der Waals surface area contributed by atoms with Gasteiger partial charge in [-0.25, -0.2) is 0 Å². The molecule has 0 aliphatic rings. The third-order valence-corrected chi connectivity index (χ3v) is 3.11. The fraction of sp³-hybridized carbons (Fsp3) is 0.500. The molecule has 0 fully saturated rings. The topological polar surface area (TPSA) is 63.6 Å². The normalized spacial score (nSPS) is 11.4. The summed E-state index contributed by atoms with van der Waals surface area (Å²) in [6.07, 6.45) is 1.98. The first-order valence-electron chi connectivity index (χ1n) is 5.62. The first kappa shape index (κ1) is 14.0. The van der Waals surface area contributed by atoms with Crippen LogP contribution in [0.3, 0.4) is 0 Å². The maximum absolute atomic E-state index is 10.4. The molecule has 0 bridgehead atoms. The van der Waals surface area contributed by atoms with Gasteiger partial charge in [0.25, 0.3) is 10.1 Å². The Bertz CT molecular complexity index is 440. The summed E-state index contributed by atoms with van der Waals surface area (Å²) in [5.41, 5.74) is 1.15. The zero-order chi connectivity index (χ0) is 12.7. The molecule has 1 aromatic rings. The zero-order valence-corrected chi connectivity index (χ0v) is 10.7. The molecule has 0 heterocycles. The van der Waals surface area contributed by atoms with Crippen LogP contribution < -0.4 is 4.74 Å². The highest BCUT2D eigenvalue weighted by Gasteiger charge is 2.03. The van der Waals surface area contributed by atoms with Crippen LogP contribution >= 0.6 is 0 Å². The minimum Gasteiger partial charge on any atom is -0.494 e. The Morgan fingerprint density at radius 3 is 2.65 bits per heavy atom. The van der Waals surface area contributed by atoms with Gasteiger partial charge in [0, 0.05) is 0 Å². The third-order valence-electron chi connectivity index (χ3n) is 2.30. The highest BCUT2D eigenvalue weighted by atomic mass is 32.2. The minimum atomic E-state index is -3.81. The lowest BCUT2D eigenvalue weighted by molar-refractivity contribution is 0.306. The highest BCUT2D eigenvalue weighted by Crippen LogP contribution is 2.12. The molecule has 0 aliphatic heterocycles. The molecule has 0 spiro atoms. The van der Waals surface area contributed by atoms with E-state index in [-0.39, 0.29) is 5.75 Å². The van der Waals surface area contributed by atoms with Crippen LogP contribution in [-0.2, 0) is 10.1 Å². The lowest BCUT2D eigenvalue weighted by atomic mass is 10.2. The Balaban J connectivity index is 2.13. The van der Waals surface area contributed by atoms with Crippen molar-refractivity contribution in [2.24, 2.45) is 0 Å². The van der Waals surface area contributed by atoms with Crippen molar-refractivity contribution in [2.75, 3.05) is 12.4 Å². The van der Waals surface area contributed by atoms with Crippen molar-refractivity contribution in [3.8, 4) is 5.75 Å². The first-order valence-corrected chi connectivity index (χ1v) is 7.23. The molecular weight excluding hydrogens is 240 g/mol. The van der Waals surface area contributed by atoms with Gasteiger partial charge in [-0.05, 0) is 43.9 Å². The molecule has 96 valence electrons. The summed E-state index contributed by atoms with van der Waals surface area (Å²) < 4.78 is 34.9. The van der Waals surface area contributed by atoms with E-state index in [2.05, 4.69) is 0 Å². The summed E-state index contributed by atoms with van der Waals surface area (Å²) in [6.45, 7) is 2.56. The molecule has 1 rings (SSSR count). The maximum Gasteiger partial charge on any atom is 0.264 e. The van der Waals surface area contributed by atoms with Crippen molar-refractivity contribution in [3.05, 3.63) is 29.8 Å². The van der Waals surface area contributed by atoms with Gasteiger partial charge in [-0.1, -0.05) is 12.1 Å². The predicted octanol–water partition coefficient (Wildman–Crippen LogP) is 2.43. The molecule has 5 heteroatoms. The number of benzene rings is 1. The van der Waals surface area contributed by atoms with E-state index in [0.717, 1.165) is 24.2 Å². The number of ether oxygens (including phenoxy) is 1. The lowest BCUT2D eigenvalue weighted by Crippen LogP contribution is -2.04. The van der Waals surface area contributed by atoms with Crippen molar-refractivity contribution in [1.82, 2.24) is 0 Å². The summed E-state index contributed by atoms with van der Waals surface area (Å²) in [5, 5.41) is 0. The molecule has 4 nitrogen and oxygen atoms in total. The lowest BCUT2D eigenvalue weighted by Gasteiger charge is -2.06. The molecule has 0 aliphatic carbocycles. The fourth-order valence-electron chi connectivity index (χ4n) is 1.46. The van der Waals surface area contributed by atoms with Crippen LogP contribution in [0.5, 0.6) is 5.75 Å². The Hall–Kier alpha value is -1.07. The summed E-state index contributed by atoms with van der Waals surface area (Å²) in [4.78, 5) is 0. The van der Waals surface area contributed by atoms with E-state index < -0.39 is 10.1 Å². The highest BCUT2D eigenvalue weighted by molar-refractivity contribution is 7.85. The quantitative estimate of drug-likeness (QED) is 0.602. The van der Waals surface area contributed by atoms with Gasteiger partial charge < -0.3 is 4.74 Å². The van der Waals surface area contributed by atoms with E-state index in [0.29, 0.717) is 13.0 Å². The average molecular weight is 258 g/mol. The number of unbranched alkanes of at least 4 members (excludes halogenated alkanes) is 2. The second-order valence-electron chi connectivity index (χ2n) is 4.01. The summed E-state index contributed by atoms with van der Waals surface area (Å²) >= 11 is 0. The molecular formula is C12H18O4S. The van der Waals surface area contributed by atoms with Gasteiger partial charge in [-0.2, -0.15) is 8.42 Å². The van der Waals surface area contributed by atoms with E-state index in [1.54, 1.807) is 0 Å². The maximum atomic E-state index is 10.4. The first-order chi connectivity index (χ1) is 7.97. The molecule has 0 saturated heterocycles. The van der Waals surface area contributed by atoms with Crippen molar-refractivity contribution in [3.63, 3.8) is 0 Å². The van der Waals surface area contributed by atoms with Crippen molar-refractivity contribution in [1.29, 1.82) is 0 Å². The van der Waals surface area contributed by atoms with Gasteiger partial charge >= 0.3 is 0 Å². The van der Waals surface area contributed by atoms with Gasteiger partial charge in [0.05, 0.1) is 12.4 Å². The standard InChI is InChI=1S/C12H18O4S/c1-11-6-5-7-12(10-11)16-8-3-2-4-9-17(13,14)15/h5-7,10H,2-4,8-9H2,1H3,(H,13,14,15). The van der Waals surface area contributed by atoms with Crippen LogP contribution in [0.4, 0.5) is 0 Å². The van der Waals surface area contributed by atoms with Gasteiger partial charge in [0.2, 0.25) is 0 Å². The smallest absolute Gasteiger partial charge is 0.264 e. The van der Waals surface area contributed by atoms with Crippen LogP contribution in [0.25, 0.3) is 0 Å². The number of hydrogen-bond acceptors (Lipinski definition) is 3. The molecule has 0 saturated carbocycles. The van der Waals surface area contributed by atoms with E-state index in [9.17, 15) is 8.42 Å². The molecule has 1 N–H and O–H groups in total. The van der Waals surface area contributed by atoms with Crippen LogP contribution in [-0.4, -0.2) is 25.3 Å². The number of hydrogen-bond donors (Lipinski definition) is 1. The summed E-state index contributed by atoms with van der Waals surface area (Å²) in [6, 6.07) is 7.78. The molecule has 0 atom stereocenters. The van der Waals surface area contributed by atoms with Crippen molar-refractivity contribution >= 4 is 10.1 Å². The Kier molecular flexibility index (Phi) is 5.44. The SMILES string of the molecule is Cc1cccc(OCCCCCS(=O)(=O)O)c1. The fourth-order valence-corrected chi connectivity index (χ4v) is 2.03. The van der Waals surface area contributed by atoms with Gasteiger partial charge in [0.1, 0.15) is 5.75 Å². The van der Waals surface area contributed by atoms with Crippen LogP contribution in [0.2, 0.25) is 0 Å². The second kappa shape index (κ2) is 6.61. The van der Waals surface area contributed by atoms with Crippen LogP contribution in [0.1, 0.15) is 24.8 Å². The number of aryl methyl sites for hydroxylation is 1. The second-order valence-corrected chi connectivity index (χ2v) is 5.58. The monoisotopic (exact) mass is 258 g/mol. The van der Waals surface area contributed by atoms with E-state index in [1.165, 1.54) is 0 Å². The summed E-state index contributed by atoms with van der Waals surface area (Å²) in [5.74, 6) is 0.664.